The Bertz CT molecular complexity index is 829. The van der Waals surface area contributed by atoms with Crippen LogP contribution in [0.5, 0.6) is 5.75 Å². The van der Waals surface area contributed by atoms with E-state index in [1.54, 1.807) is 18.4 Å². The predicted octanol–water partition coefficient (Wildman–Crippen LogP) is 4.26. The van der Waals surface area contributed by atoms with Crippen LogP contribution in [-0.4, -0.2) is 18.6 Å². The van der Waals surface area contributed by atoms with Crippen molar-refractivity contribution in [3.63, 3.8) is 0 Å². The number of fused-ring (bicyclic) bond motifs is 1. The van der Waals surface area contributed by atoms with Gasteiger partial charge in [-0.3, -0.25) is 0 Å². The fraction of sp³-hybridized carbons (Fsp3) is 0.211. The molecule has 5 heteroatoms. The van der Waals surface area contributed by atoms with E-state index in [2.05, 4.69) is 45.7 Å². The van der Waals surface area contributed by atoms with Crippen LogP contribution in [0, 0.1) is 6.20 Å². The van der Waals surface area contributed by atoms with Gasteiger partial charge in [-0.25, -0.2) is 4.98 Å². The Morgan fingerprint density at radius 3 is 2.71 bits per heavy atom. The number of anilines is 3. The van der Waals surface area contributed by atoms with Gasteiger partial charge in [0.2, 0.25) is 0 Å². The SMILES string of the molecule is COc1ccc(Nc2n[c]c(N3CCc4ccccc4C3)s2)cc1. The summed E-state index contributed by atoms with van der Waals surface area (Å²) >= 11 is 1.64. The molecule has 2 heterocycles. The summed E-state index contributed by atoms with van der Waals surface area (Å²) < 4.78 is 5.18. The van der Waals surface area contributed by atoms with Gasteiger partial charge in [0.15, 0.2) is 5.13 Å². The molecule has 1 radical (unpaired) electrons. The first-order valence-electron chi connectivity index (χ1n) is 7.93. The Morgan fingerprint density at radius 1 is 1.12 bits per heavy atom. The van der Waals surface area contributed by atoms with Crippen LogP contribution in [0.3, 0.4) is 0 Å². The van der Waals surface area contributed by atoms with Crippen molar-refractivity contribution >= 4 is 27.2 Å². The van der Waals surface area contributed by atoms with Crippen LogP contribution in [-0.2, 0) is 13.0 Å². The predicted molar refractivity (Wildman–Crippen MR) is 98.4 cm³/mol. The summed E-state index contributed by atoms with van der Waals surface area (Å²) in [4.78, 5) is 6.74. The van der Waals surface area contributed by atoms with Crippen molar-refractivity contribution in [3.05, 3.63) is 65.9 Å². The highest BCUT2D eigenvalue weighted by Crippen LogP contribution is 2.32. The average molecular weight is 336 g/mol. The van der Waals surface area contributed by atoms with E-state index in [9.17, 15) is 0 Å². The van der Waals surface area contributed by atoms with E-state index in [-0.39, 0.29) is 0 Å². The third kappa shape index (κ3) is 3.08. The van der Waals surface area contributed by atoms with Crippen LogP contribution in [0.15, 0.2) is 48.5 Å². The molecule has 0 amide bonds. The van der Waals surface area contributed by atoms with Crippen molar-refractivity contribution in [3.8, 4) is 5.75 Å². The van der Waals surface area contributed by atoms with Gasteiger partial charge in [-0.1, -0.05) is 35.6 Å². The zero-order chi connectivity index (χ0) is 16.4. The Balaban J connectivity index is 1.47. The maximum Gasteiger partial charge on any atom is 0.189 e. The minimum atomic E-state index is 0.846. The van der Waals surface area contributed by atoms with E-state index < -0.39 is 0 Å². The molecule has 0 aliphatic carbocycles. The summed E-state index contributed by atoms with van der Waals surface area (Å²) in [5, 5.41) is 5.27. The Hall–Kier alpha value is -2.53. The highest BCUT2D eigenvalue weighted by Gasteiger charge is 2.18. The lowest BCUT2D eigenvalue weighted by molar-refractivity contribution is 0.415. The Labute approximate surface area is 145 Å². The average Bonchev–Trinajstić information content (AvgIpc) is 3.10. The van der Waals surface area contributed by atoms with Crippen LogP contribution >= 0.6 is 11.3 Å². The summed E-state index contributed by atoms with van der Waals surface area (Å²) in [7, 11) is 1.67. The number of rotatable bonds is 4. The first-order valence-corrected chi connectivity index (χ1v) is 8.75. The summed E-state index contributed by atoms with van der Waals surface area (Å²) in [5.41, 5.74) is 3.85. The molecule has 0 saturated heterocycles. The second-order valence-electron chi connectivity index (χ2n) is 5.73. The molecule has 1 aromatic heterocycles. The van der Waals surface area contributed by atoms with Gasteiger partial charge in [0.05, 0.1) is 7.11 Å². The van der Waals surface area contributed by atoms with Crippen molar-refractivity contribution in [2.75, 3.05) is 23.9 Å². The summed E-state index contributed by atoms with van der Waals surface area (Å²) in [6, 6.07) is 16.5. The number of nitrogens with one attached hydrogen (secondary N) is 1. The van der Waals surface area contributed by atoms with E-state index in [0.717, 1.165) is 41.1 Å². The molecule has 121 valence electrons. The van der Waals surface area contributed by atoms with Crippen molar-refractivity contribution in [2.45, 2.75) is 13.0 Å². The second-order valence-corrected chi connectivity index (χ2v) is 6.71. The topological polar surface area (TPSA) is 37.4 Å². The number of hydrogen-bond acceptors (Lipinski definition) is 5. The lowest BCUT2D eigenvalue weighted by Crippen LogP contribution is -2.29. The van der Waals surface area contributed by atoms with Crippen molar-refractivity contribution in [1.29, 1.82) is 0 Å². The summed E-state index contributed by atoms with van der Waals surface area (Å²) in [5.74, 6) is 0.846. The van der Waals surface area contributed by atoms with Crippen LogP contribution in [0.25, 0.3) is 0 Å². The number of hydrogen-bond donors (Lipinski definition) is 1. The second kappa shape index (κ2) is 6.53. The molecule has 2 aromatic carbocycles. The number of ether oxygens (including phenoxy) is 1. The molecule has 4 nitrogen and oxygen atoms in total. The zero-order valence-corrected chi connectivity index (χ0v) is 14.3. The van der Waals surface area contributed by atoms with E-state index in [4.69, 9.17) is 4.74 Å². The fourth-order valence-electron chi connectivity index (χ4n) is 2.89. The maximum atomic E-state index is 5.18. The molecule has 0 spiro atoms. The number of aromatic nitrogens is 1. The molecule has 1 aliphatic rings. The molecular weight excluding hydrogens is 318 g/mol. The first-order chi connectivity index (χ1) is 11.8. The van der Waals surface area contributed by atoms with Crippen molar-refractivity contribution in [2.24, 2.45) is 0 Å². The fourth-order valence-corrected chi connectivity index (χ4v) is 3.71. The van der Waals surface area contributed by atoms with Crippen LogP contribution < -0.4 is 15.0 Å². The number of benzene rings is 2. The minimum absolute atomic E-state index is 0.846. The molecular formula is C19H18N3OS. The standard InChI is InChI=1S/C19H18N3OS/c1-23-17-8-6-16(7-9-17)21-19-20-12-18(24-19)22-11-10-14-4-2-3-5-15(14)13-22/h2-9H,10-11,13H2,1H3,(H,20,21). The van der Waals surface area contributed by atoms with Gasteiger partial charge in [-0.15, -0.1) is 0 Å². The normalized spacial score (nSPS) is 13.5. The smallest absolute Gasteiger partial charge is 0.189 e. The molecule has 0 fully saturated rings. The van der Waals surface area contributed by atoms with Crippen LogP contribution in [0.1, 0.15) is 11.1 Å². The van der Waals surface area contributed by atoms with Gasteiger partial charge in [-0.2, -0.15) is 0 Å². The van der Waals surface area contributed by atoms with Gasteiger partial charge in [0, 0.05) is 18.8 Å². The lowest BCUT2D eigenvalue weighted by atomic mass is 10.0. The number of nitrogens with zero attached hydrogens (tertiary/aromatic N) is 2. The zero-order valence-electron chi connectivity index (χ0n) is 13.5. The Morgan fingerprint density at radius 2 is 1.92 bits per heavy atom. The first kappa shape index (κ1) is 15.0. The quantitative estimate of drug-likeness (QED) is 0.772. The largest absolute Gasteiger partial charge is 0.497 e. The van der Waals surface area contributed by atoms with Gasteiger partial charge in [0.1, 0.15) is 16.9 Å². The van der Waals surface area contributed by atoms with Gasteiger partial charge < -0.3 is 15.0 Å². The number of methoxy groups -OCH3 is 1. The maximum absolute atomic E-state index is 5.18. The monoisotopic (exact) mass is 336 g/mol. The minimum Gasteiger partial charge on any atom is -0.497 e. The molecule has 4 rings (SSSR count). The molecule has 24 heavy (non-hydrogen) atoms. The molecule has 1 aliphatic heterocycles. The number of thiazole rings is 1. The molecule has 3 aromatic rings. The van der Waals surface area contributed by atoms with Crippen LogP contribution in [0.4, 0.5) is 15.8 Å². The summed E-state index contributed by atoms with van der Waals surface area (Å²) in [6.07, 6.45) is 4.23. The van der Waals surface area contributed by atoms with E-state index in [0.29, 0.717) is 0 Å². The van der Waals surface area contributed by atoms with Crippen LogP contribution in [0.2, 0.25) is 0 Å². The van der Waals surface area contributed by atoms with Gasteiger partial charge in [0.25, 0.3) is 0 Å². The third-order valence-electron chi connectivity index (χ3n) is 4.21. The molecule has 0 bridgehead atoms. The van der Waals surface area contributed by atoms with Gasteiger partial charge in [-0.05, 0) is 41.8 Å². The molecule has 0 saturated carbocycles. The van der Waals surface area contributed by atoms with E-state index in [1.807, 2.05) is 24.3 Å². The molecule has 1 N–H and O–H groups in total. The van der Waals surface area contributed by atoms with E-state index in [1.165, 1.54) is 11.1 Å². The highest BCUT2D eigenvalue weighted by atomic mass is 32.1. The molecule has 0 atom stereocenters. The Kier molecular flexibility index (Phi) is 4.09. The molecule has 0 unspecified atom stereocenters. The van der Waals surface area contributed by atoms with Gasteiger partial charge >= 0.3 is 0 Å². The highest BCUT2D eigenvalue weighted by molar-refractivity contribution is 7.19. The van der Waals surface area contributed by atoms with Crippen molar-refractivity contribution in [1.82, 2.24) is 4.98 Å². The van der Waals surface area contributed by atoms with Crippen molar-refractivity contribution < 1.29 is 4.74 Å². The van der Waals surface area contributed by atoms with E-state index >= 15 is 0 Å². The summed E-state index contributed by atoms with van der Waals surface area (Å²) in [6.45, 7) is 1.94. The third-order valence-corrected chi connectivity index (χ3v) is 5.14. The lowest BCUT2D eigenvalue weighted by Gasteiger charge is -2.28.